The number of rotatable bonds is 6. The van der Waals surface area contributed by atoms with Gasteiger partial charge in [0.05, 0.1) is 21.8 Å². The van der Waals surface area contributed by atoms with Crippen molar-refractivity contribution in [2.45, 2.75) is 19.8 Å². The number of carbonyl (C=O) groups excluding carboxylic acids is 1. The molecule has 0 bridgehead atoms. The molecule has 0 saturated heterocycles. The van der Waals surface area contributed by atoms with E-state index in [9.17, 15) is 9.59 Å². The summed E-state index contributed by atoms with van der Waals surface area (Å²) >= 11 is 7.69. The molecule has 0 aliphatic rings. The molecule has 0 saturated carbocycles. The van der Waals surface area contributed by atoms with Gasteiger partial charge in [-0.15, -0.1) is 0 Å². The number of hydrogen-bond donors (Lipinski definition) is 2. The largest absolute Gasteiger partial charge is 0.323 e. The van der Waals surface area contributed by atoms with Gasteiger partial charge in [0.15, 0.2) is 5.78 Å². The molecule has 2 aromatic rings. The van der Waals surface area contributed by atoms with Gasteiger partial charge in [-0.1, -0.05) is 24.9 Å². The zero-order valence-corrected chi connectivity index (χ0v) is 12.2. The lowest BCUT2D eigenvalue weighted by Gasteiger charge is -2.04. The van der Waals surface area contributed by atoms with Gasteiger partial charge in [0.2, 0.25) is 0 Å². The number of carbonyl (C=O) groups is 1. The SMILES string of the molecule is CCCCSCC(=O)c1cc2[nH]c(=O)[nH]c2cc1Cl. The fourth-order valence-corrected chi connectivity index (χ4v) is 3.01. The highest BCUT2D eigenvalue weighted by molar-refractivity contribution is 7.99. The molecule has 102 valence electrons. The van der Waals surface area contributed by atoms with E-state index in [0.717, 1.165) is 18.6 Å². The Balaban J connectivity index is 2.16. The van der Waals surface area contributed by atoms with Gasteiger partial charge in [-0.3, -0.25) is 4.79 Å². The molecule has 0 spiro atoms. The predicted octanol–water partition coefficient (Wildman–Crippen LogP) is 3.23. The van der Waals surface area contributed by atoms with Crippen molar-refractivity contribution in [3.8, 4) is 0 Å². The highest BCUT2D eigenvalue weighted by atomic mass is 35.5. The molecule has 1 aromatic heterocycles. The molecule has 2 N–H and O–H groups in total. The van der Waals surface area contributed by atoms with Crippen LogP contribution in [-0.2, 0) is 0 Å². The first-order chi connectivity index (χ1) is 9.11. The second kappa shape index (κ2) is 6.30. The van der Waals surface area contributed by atoms with Crippen molar-refractivity contribution in [1.29, 1.82) is 0 Å². The van der Waals surface area contributed by atoms with Crippen molar-refractivity contribution < 1.29 is 4.79 Å². The van der Waals surface area contributed by atoms with E-state index in [-0.39, 0.29) is 11.5 Å². The number of H-pyrrole nitrogens is 2. The Morgan fingerprint density at radius 3 is 2.68 bits per heavy atom. The van der Waals surface area contributed by atoms with Crippen molar-refractivity contribution in [3.63, 3.8) is 0 Å². The quantitative estimate of drug-likeness (QED) is 0.635. The lowest BCUT2D eigenvalue weighted by atomic mass is 10.1. The van der Waals surface area contributed by atoms with Crippen LogP contribution < -0.4 is 5.69 Å². The minimum atomic E-state index is -0.298. The number of imidazole rings is 1. The van der Waals surface area contributed by atoms with Crippen LogP contribution in [0.1, 0.15) is 30.1 Å². The predicted molar refractivity (Wildman–Crippen MR) is 80.5 cm³/mol. The van der Waals surface area contributed by atoms with Gasteiger partial charge in [-0.25, -0.2) is 4.79 Å². The van der Waals surface area contributed by atoms with Crippen molar-refractivity contribution >= 4 is 40.2 Å². The van der Waals surface area contributed by atoms with E-state index >= 15 is 0 Å². The molecular formula is C13H15ClN2O2S. The number of fused-ring (bicyclic) bond motifs is 1. The van der Waals surface area contributed by atoms with E-state index in [2.05, 4.69) is 16.9 Å². The number of benzene rings is 1. The first kappa shape index (κ1) is 14.2. The third-order valence-corrected chi connectivity index (χ3v) is 4.14. The molecule has 0 amide bonds. The first-order valence-corrected chi connectivity index (χ1v) is 7.67. The number of Topliss-reactive ketones (excluding diaryl/α,β-unsaturated/α-hetero) is 1. The van der Waals surface area contributed by atoms with Crippen molar-refractivity contribution in [2.75, 3.05) is 11.5 Å². The van der Waals surface area contributed by atoms with E-state index in [1.807, 2.05) is 0 Å². The molecule has 1 heterocycles. The number of aromatic amines is 2. The van der Waals surface area contributed by atoms with Crippen LogP contribution in [0.5, 0.6) is 0 Å². The molecule has 6 heteroatoms. The van der Waals surface area contributed by atoms with Crippen LogP contribution in [0.2, 0.25) is 5.02 Å². The average Bonchev–Trinajstić information content (AvgIpc) is 2.72. The van der Waals surface area contributed by atoms with Gasteiger partial charge in [-0.2, -0.15) is 11.8 Å². The molecule has 0 aliphatic carbocycles. The lowest BCUT2D eigenvalue weighted by Crippen LogP contribution is -2.04. The number of halogens is 1. The summed E-state index contributed by atoms with van der Waals surface area (Å²) in [6.45, 7) is 2.12. The van der Waals surface area contributed by atoms with Crippen LogP contribution >= 0.6 is 23.4 Å². The van der Waals surface area contributed by atoms with Gasteiger partial charge >= 0.3 is 5.69 Å². The minimum absolute atomic E-state index is 0.00458. The Morgan fingerprint density at radius 2 is 2.00 bits per heavy atom. The topological polar surface area (TPSA) is 65.7 Å². The Hall–Kier alpha value is -1.20. The van der Waals surface area contributed by atoms with E-state index in [0.29, 0.717) is 27.4 Å². The van der Waals surface area contributed by atoms with Crippen LogP contribution in [0, 0.1) is 0 Å². The number of thioether (sulfide) groups is 1. The summed E-state index contributed by atoms with van der Waals surface area (Å²) in [7, 11) is 0. The van der Waals surface area contributed by atoms with E-state index in [1.165, 1.54) is 0 Å². The third kappa shape index (κ3) is 3.42. The smallest absolute Gasteiger partial charge is 0.306 e. The van der Waals surface area contributed by atoms with Crippen LogP contribution in [0.4, 0.5) is 0 Å². The molecule has 0 aliphatic heterocycles. The molecule has 4 nitrogen and oxygen atoms in total. The molecule has 19 heavy (non-hydrogen) atoms. The highest BCUT2D eigenvalue weighted by Crippen LogP contribution is 2.23. The zero-order valence-electron chi connectivity index (χ0n) is 10.6. The number of hydrogen-bond acceptors (Lipinski definition) is 3. The van der Waals surface area contributed by atoms with Crippen molar-refractivity contribution in [1.82, 2.24) is 9.97 Å². The van der Waals surface area contributed by atoms with Gasteiger partial charge in [0, 0.05) is 5.56 Å². The molecule has 0 fully saturated rings. The van der Waals surface area contributed by atoms with Gasteiger partial charge in [0.25, 0.3) is 0 Å². The van der Waals surface area contributed by atoms with Crippen molar-refractivity contribution in [2.24, 2.45) is 0 Å². The molecule has 0 atom stereocenters. The fraction of sp³-hybridized carbons (Fsp3) is 0.385. The average molecular weight is 299 g/mol. The summed E-state index contributed by atoms with van der Waals surface area (Å²) in [5.74, 6) is 1.39. The molecule has 0 radical (unpaired) electrons. The summed E-state index contributed by atoms with van der Waals surface area (Å²) in [6, 6.07) is 3.25. The van der Waals surface area contributed by atoms with Crippen LogP contribution in [0.3, 0.4) is 0 Å². The summed E-state index contributed by atoms with van der Waals surface area (Å²) in [5, 5.41) is 0.379. The van der Waals surface area contributed by atoms with Crippen LogP contribution in [0.25, 0.3) is 11.0 Å². The van der Waals surface area contributed by atoms with E-state index in [1.54, 1.807) is 23.9 Å². The lowest BCUT2D eigenvalue weighted by molar-refractivity contribution is 0.102. The highest BCUT2D eigenvalue weighted by Gasteiger charge is 2.13. The zero-order chi connectivity index (χ0) is 13.8. The van der Waals surface area contributed by atoms with Crippen LogP contribution in [-0.4, -0.2) is 27.3 Å². The maximum absolute atomic E-state index is 12.1. The van der Waals surface area contributed by atoms with E-state index < -0.39 is 0 Å². The Morgan fingerprint density at radius 1 is 1.32 bits per heavy atom. The Bertz CT molecular complexity index is 648. The van der Waals surface area contributed by atoms with Crippen LogP contribution in [0.15, 0.2) is 16.9 Å². The molecule has 2 rings (SSSR count). The second-order valence-electron chi connectivity index (χ2n) is 4.29. The summed E-state index contributed by atoms with van der Waals surface area (Å²) in [5.41, 5.74) is 1.39. The van der Waals surface area contributed by atoms with Gasteiger partial charge in [0.1, 0.15) is 0 Å². The second-order valence-corrected chi connectivity index (χ2v) is 5.80. The number of unbranched alkanes of at least 4 members (excludes halogenated alkanes) is 1. The normalized spacial score (nSPS) is 11.1. The Labute approximate surface area is 119 Å². The number of ketones is 1. The first-order valence-electron chi connectivity index (χ1n) is 6.14. The summed E-state index contributed by atoms with van der Waals surface area (Å²) < 4.78 is 0. The third-order valence-electron chi connectivity index (χ3n) is 2.78. The Kier molecular flexibility index (Phi) is 4.71. The monoisotopic (exact) mass is 298 g/mol. The summed E-state index contributed by atoms with van der Waals surface area (Å²) in [4.78, 5) is 28.5. The minimum Gasteiger partial charge on any atom is -0.306 e. The maximum Gasteiger partial charge on any atom is 0.323 e. The number of nitrogens with one attached hydrogen (secondary N) is 2. The fourth-order valence-electron chi connectivity index (χ4n) is 1.76. The maximum atomic E-state index is 12.1. The van der Waals surface area contributed by atoms with Gasteiger partial charge in [-0.05, 0) is 24.3 Å². The molecule has 1 aromatic carbocycles. The van der Waals surface area contributed by atoms with Crippen molar-refractivity contribution in [3.05, 3.63) is 33.2 Å². The van der Waals surface area contributed by atoms with E-state index in [4.69, 9.17) is 11.6 Å². The molecular weight excluding hydrogens is 284 g/mol. The van der Waals surface area contributed by atoms with Gasteiger partial charge < -0.3 is 9.97 Å². The standard InChI is InChI=1S/C13H15ClN2O2S/c1-2-3-4-19-7-12(17)8-5-10-11(6-9(8)14)16-13(18)15-10/h5-6H,2-4,7H2,1H3,(H2,15,16,18). The molecule has 0 unspecified atom stereocenters. The summed E-state index contributed by atoms with van der Waals surface area (Å²) in [6.07, 6.45) is 2.23. The number of aromatic nitrogens is 2.